The summed E-state index contributed by atoms with van der Waals surface area (Å²) in [5.41, 5.74) is 0. The van der Waals surface area contributed by atoms with Gasteiger partial charge in [-0.15, -0.1) is 0 Å². The lowest BCUT2D eigenvalue weighted by Crippen LogP contribution is -2.13. The normalized spacial score (nSPS) is 10.4. The van der Waals surface area contributed by atoms with E-state index in [0.29, 0.717) is 12.5 Å². The minimum absolute atomic E-state index is 0.589. The lowest BCUT2D eigenvalue weighted by atomic mass is 10.6. The molecule has 0 fully saturated rings. The van der Waals surface area contributed by atoms with Crippen molar-refractivity contribution in [1.29, 1.82) is 5.26 Å². The Bertz CT molecular complexity index is 155. The second kappa shape index (κ2) is 4.68. The van der Waals surface area contributed by atoms with Gasteiger partial charge in [-0.2, -0.15) is 5.26 Å². The van der Waals surface area contributed by atoms with E-state index in [-0.39, 0.29) is 0 Å². The van der Waals surface area contributed by atoms with Crippen LogP contribution in [0.4, 0.5) is 0 Å². The predicted octanol–water partition coefficient (Wildman–Crippen LogP) is 0.949. The molecule has 0 saturated carbocycles. The van der Waals surface area contributed by atoms with Crippen LogP contribution in [0, 0.1) is 11.3 Å². The Balaban J connectivity index is 4.01. The number of nitriles is 1. The van der Waals surface area contributed by atoms with Gasteiger partial charge in [0.15, 0.2) is 5.88 Å². The van der Waals surface area contributed by atoms with Crippen molar-refractivity contribution in [2.75, 3.05) is 20.7 Å². The van der Waals surface area contributed by atoms with Gasteiger partial charge in [0, 0.05) is 14.1 Å². The summed E-state index contributed by atoms with van der Waals surface area (Å²) in [5.74, 6) is 0.602. The van der Waals surface area contributed by atoms with Gasteiger partial charge in [0.1, 0.15) is 0 Å². The smallest absolute Gasteiger partial charge is 0.199 e. The Morgan fingerprint density at radius 3 is 2.60 bits per heavy atom. The van der Waals surface area contributed by atoms with Gasteiger partial charge in [-0.05, 0) is 6.92 Å². The Morgan fingerprint density at radius 2 is 2.30 bits per heavy atom. The SMILES string of the molecule is CCO/C(=C\C#N)N(C)C. The van der Waals surface area contributed by atoms with Crippen LogP contribution in [0.1, 0.15) is 6.92 Å². The zero-order valence-corrected chi connectivity index (χ0v) is 6.59. The second-order valence-corrected chi connectivity index (χ2v) is 1.94. The molecule has 56 valence electrons. The van der Waals surface area contributed by atoms with Crippen LogP contribution in [-0.4, -0.2) is 25.6 Å². The molecule has 0 atom stereocenters. The third-order valence-electron chi connectivity index (χ3n) is 0.921. The molecule has 0 spiro atoms. The maximum atomic E-state index is 8.28. The number of hydrogen-bond donors (Lipinski definition) is 0. The first kappa shape index (κ1) is 8.83. The van der Waals surface area contributed by atoms with E-state index in [1.54, 1.807) is 4.90 Å². The summed E-state index contributed by atoms with van der Waals surface area (Å²) in [7, 11) is 3.66. The first-order chi connectivity index (χ1) is 4.72. The molecule has 0 aromatic heterocycles. The molecule has 0 amide bonds. The quantitative estimate of drug-likeness (QED) is 0.432. The number of ether oxygens (including phenoxy) is 1. The number of hydrogen-bond acceptors (Lipinski definition) is 3. The van der Waals surface area contributed by atoms with E-state index in [1.165, 1.54) is 6.08 Å². The number of allylic oxidation sites excluding steroid dienone is 1. The van der Waals surface area contributed by atoms with Gasteiger partial charge in [-0.1, -0.05) is 0 Å². The van der Waals surface area contributed by atoms with Crippen LogP contribution < -0.4 is 0 Å². The molecule has 10 heavy (non-hydrogen) atoms. The highest BCUT2D eigenvalue weighted by molar-refractivity contribution is 5.06. The molecule has 0 saturated heterocycles. The van der Waals surface area contributed by atoms with Gasteiger partial charge in [-0.3, -0.25) is 0 Å². The maximum Gasteiger partial charge on any atom is 0.199 e. The zero-order chi connectivity index (χ0) is 7.98. The Labute approximate surface area is 61.5 Å². The van der Waals surface area contributed by atoms with Crippen LogP contribution in [0.3, 0.4) is 0 Å². The van der Waals surface area contributed by atoms with E-state index >= 15 is 0 Å². The van der Waals surface area contributed by atoms with Crippen LogP contribution in [0.2, 0.25) is 0 Å². The summed E-state index contributed by atoms with van der Waals surface area (Å²) < 4.78 is 5.11. The van der Waals surface area contributed by atoms with Crippen molar-refractivity contribution >= 4 is 0 Å². The molecule has 0 aliphatic rings. The summed E-state index contributed by atoms with van der Waals surface area (Å²) in [6.45, 7) is 2.47. The molecule has 0 N–H and O–H groups in total. The molecule has 0 aromatic carbocycles. The van der Waals surface area contributed by atoms with Crippen molar-refractivity contribution in [3.05, 3.63) is 12.0 Å². The second-order valence-electron chi connectivity index (χ2n) is 1.94. The van der Waals surface area contributed by atoms with Gasteiger partial charge in [0.25, 0.3) is 0 Å². The topological polar surface area (TPSA) is 36.3 Å². The highest BCUT2D eigenvalue weighted by Gasteiger charge is 1.96. The average Bonchev–Trinajstić information content (AvgIpc) is 1.87. The van der Waals surface area contributed by atoms with Gasteiger partial charge >= 0.3 is 0 Å². The molecule has 0 unspecified atom stereocenters. The summed E-state index contributed by atoms with van der Waals surface area (Å²) in [6, 6.07) is 1.91. The summed E-state index contributed by atoms with van der Waals surface area (Å²) >= 11 is 0. The van der Waals surface area contributed by atoms with Gasteiger partial charge < -0.3 is 9.64 Å². The molecule has 0 rings (SSSR count). The fourth-order valence-electron chi connectivity index (χ4n) is 0.503. The van der Waals surface area contributed by atoms with Crippen molar-refractivity contribution < 1.29 is 4.74 Å². The maximum absolute atomic E-state index is 8.28. The first-order valence-electron chi connectivity index (χ1n) is 3.12. The molecule has 3 heteroatoms. The lowest BCUT2D eigenvalue weighted by Gasteiger charge is -2.15. The van der Waals surface area contributed by atoms with E-state index in [9.17, 15) is 0 Å². The monoisotopic (exact) mass is 140 g/mol. The average molecular weight is 140 g/mol. The van der Waals surface area contributed by atoms with E-state index in [0.717, 1.165) is 0 Å². The summed E-state index contributed by atoms with van der Waals surface area (Å²) in [4.78, 5) is 1.76. The van der Waals surface area contributed by atoms with E-state index < -0.39 is 0 Å². The first-order valence-corrected chi connectivity index (χ1v) is 3.12. The molecule has 0 aromatic rings. The predicted molar refractivity (Wildman–Crippen MR) is 39.0 cm³/mol. The van der Waals surface area contributed by atoms with Crippen molar-refractivity contribution in [3.8, 4) is 6.07 Å². The Hall–Kier alpha value is -1.17. The molecule has 0 radical (unpaired) electrons. The standard InChI is InChI=1S/C7H12N2O/c1-4-10-7(5-6-8)9(2)3/h5H,4H2,1-3H3/b7-5-. The van der Waals surface area contributed by atoms with E-state index in [2.05, 4.69) is 0 Å². The van der Waals surface area contributed by atoms with Gasteiger partial charge in [0.2, 0.25) is 0 Å². The highest BCUT2D eigenvalue weighted by atomic mass is 16.5. The third kappa shape index (κ3) is 2.98. The zero-order valence-electron chi connectivity index (χ0n) is 6.59. The minimum atomic E-state index is 0.589. The van der Waals surface area contributed by atoms with Gasteiger partial charge in [-0.25, -0.2) is 0 Å². The lowest BCUT2D eigenvalue weighted by molar-refractivity contribution is 0.152. The number of nitrogens with zero attached hydrogens (tertiary/aromatic N) is 2. The highest BCUT2D eigenvalue weighted by Crippen LogP contribution is 1.98. The molecular weight excluding hydrogens is 128 g/mol. The third-order valence-corrected chi connectivity index (χ3v) is 0.921. The Morgan fingerprint density at radius 1 is 1.70 bits per heavy atom. The minimum Gasteiger partial charge on any atom is -0.479 e. The summed E-state index contributed by atoms with van der Waals surface area (Å²) in [5, 5.41) is 8.28. The number of rotatable bonds is 3. The molecule has 0 bridgehead atoms. The van der Waals surface area contributed by atoms with Crippen LogP contribution in [0.5, 0.6) is 0 Å². The van der Waals surface area contributed by atoms with Crippen molar-refractivity contribution in [2.45, 2.75) is 6.92 Å². The fraction of sp³-hybridized carbons (Fsp3) is 0.571. The van der Waals surface area contributed by atoms with Crippen molar-refractivity contribution in [1.82, 2.24) is 4.90 Å². The van der Waals surface area contributed by atoms with Crippen molar-refractivity contribution in [2.24, 2.45) is 0 Å². The molecule has 0 aliphatic carbocycles. The largest absolute Gasteiger partial charge is 0.479 e. The Kier molecular flexibility index (Phi) is 4.14. The molecular formula is C7H12N2O. The fourth-order valence-corrected chi connectivity index (χ4v) is 0.503. The molecule has 0 heterocycles. The van der Waals surface area contributed by atoms with Crippen LogP contribution in [0.15, 0.2) is 12.0 Å². The van der Waals surface area contributed by atoms with E-state index in [4.69, 9.17) is 10.00 Å². The van der Waals surface area contributed by atoms with Crippen LogP contribution in [-0.2, 0) is 4.74 Å². The van der Waals surface area contributed by atoms with Crippen LogP contribution in [0.25, 0.3) is 0 Å². The van der Waals surface area contributed by atoms with Crippen molar-refractivity contribution in [3.63, 3.8) is 0 Å². The van der Waals surface area contributed by atoms with E-state index in [1.807, 2.05) is 27.1 Å². The molecule has 3 nitrogen and oxygen atoms in total. The van der Waals surface area contributed by atoms with Crippen LogP contribution >= 0.6 is 0 Å². The summed E-state index contributed by atoms with van der Waals surface area (Å²) in [6.07, 6.45) is 1.38. The molecule has 0 aliphatic heterocycles. The van der Waals surface area contributed by atoms with Gasteiger partial charge in [0.05, 0.1) is 18.8 Å².